The van der Waals surface area contributed by atoms with Crippen LogP contribution in [0.5, 0.6) is 11.5 Å². The molecule has 0 aliphatic rings. The lowest BCUT2D eigenvalue weighted by atomic mass is 10.1. The van der Waals surface area contributed by atoms with Crippen molar-refractivity contribution in [2.75, 3.05) is 20.3 Å². The van der Waals surface area contributed by atoms with Gasteiger partial charge in [0.15, 0.2) is 6.54 Å². The quantitative estimate of drug-likeness (QED) is 0.449. The number of benzene rings is 1. The van der Waals surface area contributed by atoms with Gasteiger partial charge in [0.05, 0.1) is 19.2 Å². The molecule has 2 rings (SSSR count). The Morgan fingerprint density at radius 3 is 2.65 bits per heavy atom. The molecule has 1 heterocycles. The fourth-order valence-corrected chi connectivity index (χ4v) is 2.39. The number of methoxy groups -OCH3 is 1. The maximum absolute atomic E-state index is 12.1. The van der Waals surface area contributed by atoms with Crippen LogP contribution >= 0.6 is 11.6 Å². The fourth-order valence-electron chi connectivity index (χ4n) is 2.11. The van der Waals surface area contributed by atoms with Crippen LogP contribution in [-0.2, 0) is 4.74 Å². The molecule has 0 aliphatic heterocycles. The molecule has 0 saturated carbocycles. The van der Waals surface area contributed by atoms with Crippen molar-refractivity contribution in [1.29, 1.82) is 0 Å². The molecule has 0 aliphatic carbocycles. The molecule has 0 fully saturated rings. The van der Waals surface area contributed by atoms with E-state index in [1.165, 1.54) is 13.2 Å². The number of Topliss-reactive ketones (excluding diaryl/α,β-unsaturated/α-hetero) is 1. The molecule has 1 aromatic heterocycles. The summed E-state index contributed by atoms with van der Waals surface area (Å²) in [4.78, 5) is 28.2. The van der Waals surface area contributed by atoms with Crippen LogP contribution in [0.2, 0.25) is 5.02 Å². The Labute approximate surface area is 154 Å². The van der Waals surface area contributed by atoms with Crippen LogP contribution in [0.25, 0.3) is 16.4 Å². The van der Waals surface area contributed by atoms with E-state index in [0.29, 0.717) is 11.1 Å². The molecule has 0 radical (unpaired) electrons. The van der Waals surface area contributed by atoms with Crippen molar-refractivity contribution in [2.45, 2.75) is 13.8 Å². The third-order valence-corrected chi connectivity index (χ3v) is 3.68. The van der Waals surface area contributed by atoms with Crippen molar-refractivity contribution < 1.29 is 28.9 Å². The van der Waals surface area contributed by atoms with E-state index in [9.17, 15) is 9.59 Å². The Hall–Kier alpha value is -2.74. The summed E-state index contributed by atoms with van der Waals surface area (Å²) in [6.07, 6.45) is -0.906. The minimum absolute atomic E-state index is 0.0409. The predicted molar refractivity (Wildman–Crippen MR) is 93.6 cm³/mol. The van der Waals surface area contributed by atoms with E-state index in [2.05, 4.69) is 4.98 Å². The Morgan fingerprint density at radius 1 is 1.31 bits per heavy atom. The first-order valence-electron chi connectivity index (χ1n) is 7.79. The van der Waals surface area contributed by atoms with Crippen LogP contribution in [0.3, 0.4) is 0 Å². The van der Waals surface area contributed by atoms with Gasteiger partial charge in [-0.3, -0.25) is 4.79 Å². The monoisotopic (exact) mass is 379 g/mol. The average Bonchev–Trinajstić information content (AvgIpc) is 2.60. The van der Waals surface area contributed by atoms with Crippen molar-refractivity contribution in [1.82, 2.24) is 4.98 Å². The summed E-state index contributed by atoms with van der Waals surface area (Å²) in [5, 5.41) is 2.34. The molecule has 138 valence electrons. The molecule has 1 N–H and O–H groups in total. The minimum atomic E-state index is -0.906. The molecule has 9 heteroatoms. The second-order valence-electron chi connectivity index (χ2n) is 5.80. The van der Waals surface area contributed by atoms with Crippen LogP contribution in [-0.4, -0.2) is 37.2 Å². The molecule has 2 aromatic rings. The summed E-state index contributed by atoms with van der Waals surface area (Å²) in [7, 11) is 1.44. The van der Waals surface area contributed by atoms with Gasteiger partial charge in [0.25, 0.3) is 0 Å². The van der Waals surface area contributed by atoms with Gasteiger partial charge in [0, 0.05) is 11.5 Å². The molecule has 26 heavy (non-hydrogen) atoms. The Morgan fingerprint density at radius 2 is 2.04 bits per heavy atom. The molecule has 0 spiro atoms. The highest BCUT2D eigenvalue weighted by Crippen LogP contribution is 2.36. The van der Waals surface area contributed by atoms with Gasteiger partial charge in [-0.25, -0.2) is 9.78 Å². The number of rotatable bonds is 7. The first-order chi connectivity index (χ1) is 12.4. The molecule has 0 unspecified atom stereocenters. The van der Waals surface area contributed by atoms with Gasteiger partial charge in [-0.15, -0.1) is 0 Å². The smallest absolute Gasteiger partial charge is 0.508 e. The molecule has 0 atom stereocenters. The summed E-state index contributed by atoms with van der Waals surface area (Å²) in [6.45, 7) is 3.60. The standard InChI is InChI=1S/C17H18ClN3O5/c1-9(2)8-25-17(23)26-14-6-11(12(22)7-20-19)21-16-10(14)4-5-13(24-3)15(16)18/h4-6,9,20H,7-8H2,1-3H3. The lowest BCUT2D eigenvalue weighted by Gasteiger charge is -2.12. The van der Waals surface area contributed by atoms with E-state index in [1.807, 2.05) is 13.8 Å². The summed E-state index contributed by atoms with van der Waals surface area (Å²) < 4.78 is 15.4. The van der Waals surface area contributed by atoms with Crippen molar-refractivity contribution in [3.05, 3.63) is 34.4 Å². The second-order valence-corrected chi connectivity index (χ2v) is 6.18. The zero-order chi connectivity index (χ0) is 19.3. The Bertz CT molecular complexity index is 854. The van der Waals surface area contributed by atoms with Gasteiger partial charge in [-0.05, 0) is 18.1 Å². The number of nitrogens with one attached hydrogen (secondary N) is 1. The van der Waals surface area contributed by atoms with Crippen molar-refractivity contribution in [3.8, 4) is 11.5 Å². The lowest BCUT2D eigenvalue weighted by Crippen LogP contribution is -2.65. The van der Waals surface area contributed by atoms with E-state index in [-0.39, 0.29) is 41.1 Å². The first kappa shape index (κ1) is 19.6. The number of hydrogen-bond acceptors (Lipinski definition) is 6. The summed E-state index contributed by atoms with van der Waals surface area (Å²) in [6, 6.07) is 4.49. The molecule has 0 amide bonds. The van der Waals surface area contributed by atoms with Crippen molar-refractivity contribution in [3.63, 3.8) is 0 Å². The van der Waals surface area contributed by atoms with Crippen molar-refractivity contribution >= 4 is 34.4 Å². The number of ether oxygens (including phenoxy) is 3. The molecular formula is C17H18ClN3O5. The van der Waals surface area contributed by atoms with Crippen molar-refractivity contribution in [2.24, 2.45) is 5.92 Å². The Kier molecular flexibility index (Phi) is 6.46. The predicted octanol–water partition coefficient (Wildman–Crippen LogP) is 2.35. The number of pyridine rings is 1. The normalized spacial score (nSPS) is 10.7. The number of carbonyl (C=O) groups is 2. The first-order valence-corrected chi connectivity index (χ1v) is 8.17. The van der Waals surface area contributed by atoms with E-state index >= 15 is 0 Å². The topological polar surface area (TPSA) is 111 Å². The van der Waals surface area contributed by atoms with Crippen LogP contribution in [0.4, 0.5) is 4.79 Å². The van der Waals surface area contributed by atoms with Gasteiger partial charge in [-0.1, -0.05) is 25.4 Å². The molecule has 1 aromatic carbocycles. The maximum atomic E-state index is 12.1. The summed E-state index contributed by atoms with van der Waals surface area (Å²) in [5.74, 6) is 0.0383. The third-order valence-electron chi connectivity index (χ3n) is 3.32. The highest BCUT2D eigenvalue weighted by Gasteiger charge is 2.19. The van der Waals surface area contributed by atoms with Gasteiger partial charge in [-0.2, -0.15) is 0 Å². The van der Waals surface area contributed by atoms with Crippen LogP contribution in [0.15, 0.2) is 18.2 Å². The minimum Gasteiger partial charge on any atom is -0.508 e. The average molecular weight is 380 g/mol. The second kappa shape index (κ2) is 8.57. The molecule has 0 saturated heterocycles. The van der Waals surface area contributed by atoms with Gasteiger partial charge in [0.1, 0.15) is 22.2 Å². The lowest BCUT2D eigenvalue weighted by molar-refractivity contribution is -0.465. The molecule has 8 nitrogen and oxygen atoms in total. The van der Waals surface area contributed by atoms with Gasteiger partial charge >= 0.3 is 6.16 Å². The number of nitrogens with zero attached hydrogens (tertiary/aromatic N) is 2. The fraction of sp³-hybridized carbons (Fsp3) is 0.353. The zero-order valence-corrected chi connectivity index (χ0v) is 15.3. The number of carbonyl (C=O) groups excluding carboxylic acids is 2. The zero-order valence-electron chi connectivity index (χ0n) is 14.5. The highest BCUT2D eigenvalue weighted by atomic mass is 35.5. The molecular weight excluding hydrogens is 362 g/mol. The van der Waals surface area contributed by atoms with Gasteiger partial charge in [0.2, 0.25) is 5.78 Å². The van der Waals surface area contributed by atoms with E-state index < -0.39 is 11.9 Å². The largest absolute Gasteiger partial charge is 0.513 e. The van der Waals surface area contributed by atoms with E-state index in [1.54, 1.807) is 17.2 Å². The van der Waals surface area contributed by atoms with Crippen LogP contribution < -0.4 is 14.6 Å². The third kappa shape index (κ3) is 4.45. The summed E-state index contributed by atoms with van der Waals surface area (Å²) >= 11 is 6.27. The van der Waals surface area contributed by atoms with Gasteiger partial charge < -0.3 is 24.9 Å². The molecule has 0 bridgehead atoms. The number of hydrogen-bond donors (Lipinski definition) is 1. The number of ketones is 1. The highest BCUT2D eigenvalue weighted by molar-refractivity contribution is 6.36. The SMILES string of the molecule is COc1ccc2c(OC(=O)OCC(C)C)cc(C(=O)C[NH+]=[N-])nc2c1Cl. The number of halogens is 1. The van der Waals surface area contributed by atoms with E-state index in [0.717, 1.165) is 0 Å². The van der Waals surface area contributed by atoms with Crippen LogP contribution in [0, 0.1) is 5.92 Å². The number of fused-ring (bicyclic) bond motifs is 1. The number of aromatic nitrogens is 1. The summed E-state index contributed by atoms with van der Waals surface area (Å²) in [5.41, 5.74) is 8.92. The van der Waals surface area contributed by atoms with Crippen LogP contribution in [0.1, 0.15) is 24.3 Å². The van der Waals surface area contributed by atoms with E-state index in [4.69, 9.17) is 31.3 Å². The Balaban J connectivity index is 2.51. The maximum Gasteiger partial charge on any atom is 0.513 e.